The average molecular weight is 287 g/mol. The van der Waals surface area contributed by atoms with E-state index in [1.54, 1.807) is 0 Å². The number of aliphatic hydroxyl groups is 1. The number of aryl methyl sites for hydroxylation is 1. The number of benzene rings is 1. The van der Waals surface area contributed by atoms with Gasteiger partial charge in [0, 0.05) is 6.61 Å². The van der Waals surface area contributed by atoms with E-state index in [1.165, 1.54) is 4.90 Å². The van der Waals surface area contributed by atoms with Gasteiger partial charge in [-0.1, -0.05) is 19.1 Å². The van der Waals surface area contributed by atoms with Crippen LogP contribution in [-0.2, 0) is 16.0 Å². The summed E-state index contributed by atoms with van der Waals surface area (Å²) in [6.07, 6.45) is 3.10. The molecule has 2 fully saturated rings. The van der Waals surface area contributed by atoms with Crippen LogP contribution in [0.1, 0.15) is 31.7 Å². The van der Waals surface area contributed by atoms with Crippen molar-refractivity contribution < 1.29 is 14.7 Å². The maximum Gasteiger partial charge on any atom is 0.237 e. The van der Waals surface area contributed by atoms with Crippen LogP contribution in [0.5, 0.6) is 0 Å². The molecule has 3 rings (SSSR count). The maximum atomic E-state index is 12.5. The van der Waals surface area contributed by atoms with Crippen LogP contribution in [0.2, 0.25) is 0 Å². The number of imide groups is 1. The Hall–Kier alpha value is -1.68. The van der Waals surface area contributed by atoms with Crippen molar-refractivity contribution in [2.75, 3.05) is 11.5 Å². The average Bonchev–Trinajstić information content (AvgIpc) is 2.96. The van der Waals surface area contributed by atoms with Gasteiger partial charge < -0.3 is 5.11 Å². The highest BCUT2D eigenvalue weighted by Crippen LogP contribution is 2.44. The summed E-state index contributed by atoms with van der Waals surface area (Å²) in [5.74, 6) is 0.162. The summed E-state index contributed by atoms with van der Waals surface area (Å²) in [5, 5.41) is 8.91. The second-order valence-corrected chi connectivity index (χ2v) is 6.30. The Morgan fingerprint density at radius 3 is 2.48 bits per heavy atom. The summed E-state index contributed by atoms with van der Waals surface area (Å²) >= 11 is 0. The molecule has 4 heteroatoms. The Kier molecular flexibility index (Phi) is 3.81. The second-order valence-electron chi connectivity index (χ2n) is 6.30. The van der Waals surface area contributed by atoms with Crippen LogP contribution < -0.4 is 4.90 Å². The maximum absolute atomic E-state index is 12.5. The van der Waals surface area contributed by atoms with Gasteiger partial charge in [0.25, 0.3) is 0 Å². The van der Waals surface area contributed by atoms with Gasteiger partial charge >= 0.3 is 0 Å². The van der Waals surface area contributed by atoms with Crippen molar-refractivity contribution in [3.8, 4) is 0 Å². The summed E-state index contributed by atoms with van der Waals surface area (Å²) in [5.41, 5.74) is 1.73. The molecule has 2 amide bonds. The minimum atomic E-state index is -0.117. The van der Waals surface area contributed by atoms with E-state index in [1.807, 2.05) is 24.3 Å². The van der Waals surface area contributed by atoms with Crippen molar-refractivity contribution in [2.24, 2.45) is 17.8 Å². The number of fused-ring (bicyclic) bond motifs is 1. The normalized spacial score (nSPS) is 28.3. The Morgan fingerprint density at radius 1 is 1.19 bits per heavy atom. The van der Waals surface area contributed by atoms with Gasteiger partial charge in [-0.05, 0) is 49.3 Å². The summed E-state index contributed by atoms with van der Waals surface area (Å²) < 4.78 is 0. The molecule has 0 bridgehead atoms. The second kappa shape index (κ2) is 5.60. The molecule has 1 saturated heterocycles. The molecule has 2 unspecified atom stereocenters. The van der Waals surface area contributed by atoms with Crippen LogP contribution >= 0.6 is 0 Å². The molecule has 112 valence electrons. The zero-order valence-corrected chi connectivity index (χ0v) is 12.3. The number of carbonyl (C=O) groups is 2. The highest BCUT2D eigenvalue weighted by molar-refractivity contribution is 6.22. The van der Waals surface area contributed by atoms with Crippen molar-refractivity contribution in [3.05, 3.63) is 29.8 Å². The van der Waals surface area contributed by atoms with Crippen LogP contribution in [0.4, 0.5) is 5.69 Å². The van der Waals surface area contributed by atoms with Gasteiger partial charge in [-0.25, -0.2) is 0 Å². The number of rotatable bonds is 4. The molecule has 2 aliphatic rings. The van der Waals surface area contributed by atoms with Crippen LogP contribution in [-0.4, -0.2) is 23.5 Å². The van der Waals surface area contributed by atoms with Gasteiger partial charge in [-0.3, -0.25) is 14.5 Å². The molecule has 21 heavy (non-hydrogen) atoms. The highest BCUT2D eigenvalue weighted by atomic mass is 16.3. The van der Waals surface area contributed by atoms with E-state index < -0.39 is 0 Å². The fourth-order valence-electron chi connectivity index (χ4n) is 3.67. The lowest BCUT2D eigenvalue weighted by atomic mass is 10.00. The van der Waals surface area contributed by atoms with Crippen molar-refractivity contribution in [3.63, 3.8) is 0 Å². The first kappa shape index (κ1) is 14.3. The van der Waals surface area contributed by atoms with E-state index in [9.17, 15) is 9.59 Å². The number of anilines is 1. The van der Waals surface area contributed by atoms with E-state index in [0.29, 0.717) is 18.0 Å². The zero-order chi connectivity index (χ0) is 15.0. The third kappa shape index (κ3) is 2.48. The summed E-state index contributed by atoms with van der Waals surface area (Å²) in [6.45, 7) is 2.26. The number of hydrogen-bond donors (Lipinski definition) is 1. The first-order chi connectivity index (χ1) is 10.1. The molecular weight excluding hydrogens is 266 g/mol. The zero-order valence-electron chi connectivity index (χ0n) is 12.3. The Morgan fingerprint density at radius 2 is 1.86 bits per heavy atom. The lowest BCUT2D eigenvalue weighted by molar-refractivity contribution is -0.123. The predicted octanol–water partition coefficient (Wildman–Crippen LogP) is 2.15. The molecule has 1 aromatic carbocycles. The number of nitrogens with zero attached hydrogens (tertiary/aromatic N) is 1. The first-order valence-corrected chi connectivity index (χ1v) is 7.69. The van der Waals surface area contributed by atoms with Crippen LogP contribution in [0, 0.1) is 17.8 Å². The van der Waals surface area contributed by atoms with E-state index in [4.69, 9.17) is 5.11 Å². The number of carbonyl (C=O) groups excluding carboxylic acids is 2. The van der Waals surface area contributed by atoms with Gasteiger partial charge in [-0.15, -0.1) is 0 Å². The number of hydrogen-bond acceptors (Lipinski definition) is 3. The SMILES string of the molecule is CC1CC2C(=O)N(c3cccc(CCCO)c3)C(=O)C2C1. The smallest absolute Gasteiger partial charge is 0.237 e. The summed E-state index contributed by atoms with van der Waals surface area (Å²) in [6, 6.07) is 7.56. The Balaban J connectivity index is 1.84. The highest BCUT2D eigenvalue weighted by Gasteiger charge is 2.52. The fourth-order valence-corrected chi connectivity index (χ4v) is 3.67. The number of aliphatic hydroxyl groups excluding tert-OH is 1. The van der Waals surface area contributed by atoms with Gasteiger partial charge in [0.15, 0.2) is 0 Å². The van der Waals surface area contributed by atoms with E-state index in [-0.39, 0.29) is 30.3 Å². The predicted molar refractivity (Wildman–Crippen MR) is 79.7 cm³/mol. The van der Waals surface area contributed by atoms with E-state index in [2.05, 4.69) is 6.92 Å². The minimum absolute atomic E-state index is 0.0336. The number of amides is 2. The molecule has 2 atom stereocenters. The molecule has 1 heterocycles. The van der Waals surface area contributed by atoms with Gasteiger partial charge in [0.05, 0.1) is 17.5 Å². The monoisotopic (exact) mass is 287 g/mol. The molecule has 0 spiro atoms. The summed E-state index contributed by atoms with van der Waals surface area (Å²) in [4.78, 5) is 26.4. The van der Waals surface area contributed by atoms with Crippen molar-refractivity contribution in [1.29, 1.82) is 0 Å². The van der Waals surface area contributed by atoms with Crippen molar-refractivity contribution in [1.82, 2.24) is 0 Å². The van der Waals surface area contributed by atoms with Crippen LogP contribution in [0.25, 0.3) is 0 Å². The lowest BCUT2D eigenvalue weighted by Gasteiger charge is -2.17. The molecule has 1 aliphatic heterocycles. The molecule has 4 nitrogen and oxygen atoms in total. The van der Waals surface area contributed by atoms with Crippen molar-refractivity contribution >= 4 is 17.5 Å². The quantitative estimate of drug-likeness (QED) is 0.863. The third-order valence-corrected chi connectivity index (χ3v) is 4.67. The van der Waals surface area contributed by atoms with Crippen LogP contribution in [0.15, 0.2) is 24.3 Å². The standard InChI is InChI=1S/C17H21NO3/c1-11-8-14-15(9-11)17(21)18(16(14)20)13-6-2-4-12(10-13)5-3-7-19/h2,4,6,10-11,14-15,19H,3,5,7-9H2,1H3. The van der Waals surface area contributed by atoms with Gasteiger partial charge in [0.1, 0.15) is 0 Å². The molecule has 0 radical (unpaired) electrons. The molecule has 1 aliphatic carbocycles. The fraction of sp³-hybridized carbons (Fsp3) is 0.529. The molecule has 1 saturated carbocycles. The Bertz CT molecular complexity index is 545. The molecule has 1 aromatic rings. The lowest BCUT2D eigenvalue weighted by Crippen LogP contribution is -2.32. The molecule has 0 aromatic heterocycles. The third-order valence-electron chi connectivity index (χ3n) is 4.67. The first-order valence-electron chi connectivity index (χ1n) is 7.69. The minimum Gasteiger partial charge on any atom is -0.396 e. The van der Waals surface area contributed by atoms with Crippen molar-refractivity contribution in [2.45, 2.75) is 32.6 Å². The van der Waals surface area contributed by atoms with E-state index in [0.717, 1.165) is 24.8 Å². The van der Waals surface area contributed by atoms with Gasteiger partial charge in [-0.2, -0.15) is 0 Å². The Labute approximate surface area is 124 Å². The molecular formula is C17H21NO3. The largest absolute Gasteiger partial charge is 0.396 e. The van der Waals surface area contributed by atoms with Gasteiger partial charge in [0.2, 0.25) is 11.8 Å². The van der Waals surface area contributed by atoms with E-state index >= 15 is 0 Å². The molecule has 1 N–H and O–H groups in total. The topological polar surface area (TPSA) is 57.6 Å². The van der Waals surface area contributed by atoms with Crippen LogP contribution in [0.3, 0.4) is 0 Å². The summed E-state index contributed by atoms with van der Waals surface area (Å²) in [7, 11) is 0.